The summed E-state index contributed by atoms with van der Waals surface area (Å²) >= 11 is 0. The molecule has 0 aliphatic heterocycles. The lowest BCUT2D eigenvalue weighted by Crippen LogP contribution is -2.39. The number of aryl methyl sites for hydroxylation is 1. The Hall–Kier alpha value is -1.35. The highest BCUT2D eigenvalue weighted by Gasteiger charge is 2.15. The Balaban J connectivity index is 2.14. The Morgan fingerprint density at radius 1 is 1.25 bits per heavy atom. The van der Waals surface area contributed by atoms with Crippen LogP contribution in [0.2, 0.25) is 0 Å². The topological polar surface area (TPSA) is 55.1 Å². The number of carbonyl (C=O) groups excluding carboxylic acids is 1. The molecule has 3 N–H and O–H groups in total. The van der Waals surface area contributed by atoms with Gasteiger partial charge in [0.1, 0.15) is 0 Å². The highest BCUT2D eigenvalue weighted by atomic mass is 16.1. The summed E-state index contributed by atoms with van der Waals surface area (Å²) in [5, 5.41) is 2.93. The minimum atomic E-state index is 0.0353. The summed E-state index contributed by atoms with van der Waals surface area (Å²) in [5.74, 6) is 0.102. The third-order valence-electron chi connectivity index (χ3n) is 3.15. The van der Waals surface area contributed by atoms with E-state index in [9.17, 15) is 4.79 Å². The Bertz CT molecular complexity index is 395. The number of amides is 1. The molecule has 1 atom stereocenters. The van der Waals surface area contributed by atoms with E-state index in [-0.39, 0.29) is 17.4 Å². The molecule has 1 amide bonds. The molecule has 3 nitrogen and oxygen atoms in total. The number of rotatable bonds is 7. The highest BCUT2D eigenvalue weighted by molar-refractivity contribution is 5.75. The van der Waals surface area contributed by atoms with Crippen LogP contribution < -0.4 is 11.1 Å². The fourth-order valence-corrected chi connectivity index (χ4v) is 2.29. The summed E-state index contributed by atoms with van der Waals surface area (Å²) in [7, 11) is 0. The van der Waals surface area contributed by atoms with Crippen LogP contribution in [0.1, 0.15) is 45.6 Å². The molecular weight excluding hydrogens is 248 g/mol. The zero-order chi connectivity index (χ0) is 15.0. The van der Waals surface area contributed by atoms with E-state index < -0.39 is 0 Å². The lowest BCUT2D eigenvalue weighted by Gasteiger charge is -2.23. The number of nitrogens with one attached hydrogen (secondary N) is 1. The van der Waals surface area contributed by atoms with Crippen molar-refractivity contribution in [3.63, 3.8) is 0 Å². The largest absolute Gasteiger partial charge is 0.355 e. The number of hydrogen-bond acceptors (Lipinski definition) is 2. The first kappa shape index (κ1) is 16.7. The molecule has 1 aromatic rings. The molecule has 1 rings (SSSR count). The molecule has 0 spiro atoms. The fourth-order valence-electron chi connectivity index (χ4n) is 2.29. The first-order valence-electron chi connectivity index (χ1n) is 7.43. The maximum absolute atomic E-state index is 11.7. The van der Waals surface area contributed by atoms with Crippen molar-refractivity contribution >= 4 is 5.91 Å². The van der Waals surface area contributed by atoms with Crippen molar-refractivity contribution in [1.29, 1.82) is 0 Å². The van der Waals surface area contributed by atoms with E-state index in [4.69, 9.17) is 5.73 Å². The maximum Gasteiger partial charge on any atom is 0.220 e. The van der Waals surface area contributed by atoms with E-state index in [0.29, 0.717) is 13.0 Å². The zero-order valence-electron chi connectivity index (χ0n) is 13.0. The van der Waals surface area contributed by atoms with E-state index >= 15 is 0 Å². The van der Waals surface area contributed by atoms with Gasteiger partial charge in [-0.3, -0.25) is 4.79 Å². The van der Waals surface area contributed by atoms with Crippen LogP contribution >= 0.6 is 0 Å². The van der Waals surface area contributed by atoms with Crippen molar-refractivity contribution in [2.75, 3.05) is 6.54 Å². The monoisotopic (exact) mass is 276 g/mol. The minimum absolute atomic E-state index is 0.0353. The van der Waals surface area contributed by atoms with Gasteiger partial charge in [0, 0.05) is 19.0 Å². The lowest BCUT2D eigenvalue weighted by atomic mass is 9.88. The van der Waals surface area contributed by atoms with Gasteiger partial charge in [0.2, 0.25) is 5.91 Å². The molecule has 0 saturated carbocycles. The van der Waals surface area contributed by atoms with Gasteiger partial charge in [-0.15, -0.1) is 0 Å². The van der Waals surface area contributed by atoms with Gasteiger partial charge in [0.25, 0.3) is 0 Å². The zero-order valence-corrected chi connectivity index (χ0v) is 13.0. The smallest absolute Gasteiger partial charge is 0.220 e. The summed E-state index contributed by atoms with van der Waals surface area (Å²) < 4.78 is 0. The summed E-state index contributed by atoms with van der Waals surface area (Å²) in [6.07, 6.45) is 3.31. The van der Waals surface area contributed by atoms with E-state index in [1.54, 1.807) is 0 Å². The van der Waals surface area contributed by atoms with E-state index in [1.165, 1.54) is 5.56 Å². The molecule has 0 bridgehead atoms. The number of hydrogen-bond donors (Lipinski definition) is 2. The Morgan fingerprint density at radius 3 is 2.50 bits per heavy atom. The molecule has 0 fully saturated rings. The Morgan fingerprint density at radius 2 is 1.90 bits per heavy atom. The fraction of sp³-hybridized carbons (Fsp3) is 0.588. The van der Waals surface area contributed by atoms with Gasteiger partial charge in [-0.2, -0.15) is 0 Å². The normalized spacial score (nSPS) is 13.0. The van der Waals surface area contributed by atoms with Crippen LogP contribution in [0.5, 0.6) is 0 Å². The van der Waals surface area contributed by atoms with Crippen LogP contribution in [0.25, 0.3) is 0 Å². The average Bonchev–Trinajstić information content (AvgIpc) is 2.36. The van der Waals surface area contributed by atoms with Crippen molar-refractivity contribution in [2.45, 2.75) is 52.5 Å². The van der Waals surface area contributed by atoms with Crippen LogP contribution in [-0.4, -0.2) is 18.5 Å². The standard InChI is InChI=1S/C17H28N2O/c1-17(2,3)12-15(18)13-19-16(20)11-7-10-14-8-5-4-6-9-14/h4-6,8-9,15H,7,10-13,18H2,1-3H3,(H,19,20). The lowest BCUT2D eigenvalue weighted by molar-refractivity contribution is -0.121. The van der Waals surface area contributed by atoms with Gasteiger partial charge in [-0.25, -0.2) is 0 Å². The number of carbonyl (C=O) groups is 1. The SMILES string of the molecule is CC(C)(C)CC(N)CNC(=O)CCCc1ccccc1. The Labute approximate surface area is 122 Å². The molecule has 1 aromatic carbocycles. The van der Waals surface area contributed by atoms with E-state index in [1.807, 2.05) is 18.2 Å². The van der Waals surface area contributed by atoms with Crippen LogP contribution in [0.4, 0.5) is 0 Å². The summed E-state index contributed by atoms with van der Waals surface area (Å²) in [6.45, 7) is 7.05. The van der Waals surface area contributed by atoms with Gasteiger partial charge >= 0.3 is 0 Å². The van der Waals surface area contributed by atoms with Crippen LogP contribution in [0.3, 0.4) is 0 Å². The third-order valence-corrected chi connectivity index (χ3v) is 3.15. The van der Waals surface area contributed by atoms with Gasteiger partial charge in [-0.1, -0.05) is 51.1 Å². The molecule has 0 heterocycles. The van der Waals surface area contributed by atoms with Crippen molar-refractivity contribution in [1.82, 2.24) is 5.32 Å². The second-order valence-corrected chi connectivity index (χ2v) is 6.67. The van der Waals surface area contributed by atoms with Crippen molar-refractivity contribution < 1.29 is 4.79 Å². The molecule has 112 valence electrons. The Kier molecular flexibility index (Phi) is 6.73. The van der Waals surface area contributed by atoms with E-state index in [2.05, 4.69) is 38.2 Å². The van der Waals surface area contributed by atoms with Crippen LogP contribution in [0, 0.1) is 5.41 Å². The molecule has 0 aliphatic rings. The van der Waals surface area contributed by atoms with Gasteiger partial charge in [-0.05, 0) is 30.2 Å². The molecule has 0 saturated heterocycles. The van der Waals surface area contributed by atoms with Crippen LogP contribution in [0.15, 0.2) is 30.3 Å². The molecule has 0 radical (unpaired) electrons. The minimum Gasteiger partial charge on any atom is -0.355 e. The first-order valence-corrected chi connectivity index (χ1v) is 7.43. The first-order chi connectivity index (χ1) is 9.37. The number of benzene rings is 1. The van der Waals surface area contributed by atoms with E-state index in [0.717, 1.165) is 19.3 Å². The van der Waals surface area contributed by atoms with Gasteiger partial charge in [0.05, 0.1) is 0 Å². The predicted octanol–water partition coefficient (Wildman–Crippen LogP) is 2.89. The molecule has 0 aliphatic carbocycles. The third kappa shape index (κ3) is 7.95. The van der Waals surface area contributed by atoms with Crippen molar-refractivity contribution in [3.8, 4) is 0 Å². The summed E-state index contributed by atoms with van der Waals surface area (Å²) in [6, 6.07) is 10.3. The number of nitrogens with two attached hydrogens (primary N) is 1. The van der Waals surface area contributed by atoms with Gasteiger partial charge < -0.3 is 11.1 Å². The molecule has 20 heavy (non-hydrogen) atoms. The predicted molar refractivity (Wildman–Crippen MR) is 84.4 cm³/mol. The molecule has 0 aromatic heterocycles. The quantitative estimate of drug-likeness (QED) is 0.804. The van der Waals surface area contributed by atoms with Crippen molar-refractivity contribution in [2.24, 2.45) is 11.1 Å². The molecule has 3 heteroatoms. The highest BCUT2D eigenvalue weighted by Crippen LogP contribution is 2.19. The van der Waals surface area contributed by atoms with Gasteiger partial charge in [0.15, 0.2) is 0 Å². The van der Waals surface area contributed by atoms with Crippen molar-refractivity contribution in [3.05, 3.63) is 35.9 Å². The molecular formula is C17H28N2O. The summed E-state index contributed by atoms with van der Waals surface area (Å²) in [4.78, 5) is 11.7. The second kappa shape index (κ2) is 8.05. The maximum atomic E-state index is 11.7. The average molecular weight is 276 g/mol. The second-order valence-electron chi connectivity index (χ2n) is 6.67. The summed E-state index contributed by atoms with van der Waals surface area (Å²) in [5.41, 5.74) is 7.50. The molecule has 1 unspecified atom stereocenters. The van der Waals surface area contributed by atoms with Crippen LogP contribution in [-0.2, 0) is 11.2 Å².